The fourth-order valence-corrected chi connectivity index (χ4v) is 2.88. The minimum absolute atomic E-state index is 0.182. The van der Waals surface area contributed by atoms with Crippen molar-refractivity contribution in [3.63, 3.8) is 0 Å². The lowest BCUT2D eigenvalue weighted by atomic mass is 10.0. The summed E-state index contributed by atoms with van der Waals surface area (Å²) in [7, 11) is 1.25. The predicted octanol–water partition coefficient (Wildman–Crippen LogP) is 4.88. The molecular formula is C23H20FN3O4. The van der Waals surface area contributed by atoms with E-state index in [0.29, 0.717) is 22.6 Å². The standard InChI is InChI=1S/C23H20FN3O4/c1-14(28)25-18-9-5-15(6-10-18)20-12-11-19(26-23(30)31-2)13-21(20)27-22(29)16-3-7-17(24)8-4-16/h3-13H,1-2H3,(H,25,28)(H,26,30)(H,27,29). The number of rotatable bonds is 5. The molecule has 158 valence electrons. The number of hydrogen-bond acceptors (Lipinski definition) is 4. The molecule has 0 spiro atoms. The SMILES string of the molecule is COC(=O)Nc1ccc(-c2ccc(NC(C)=O)cc2)c(NC(=O)c2ccc(F)cc2)c1. The quantitative estimate of drug-likeness (QED) is 0.547. The minimum Gasteiger partial charge on any atom is -0.453 e. The summed E-state index contributed by atoms with van der Waals surface area (Å²) < 4.78 is 17.8. The maximum Gasteiger partial charge on any atom is 0.411 e. The van der Waals surface area contributed by atoms with Gasteiger partial charge in [-0.1, -0.05) is 18.2 Å². The summed E-state index contributed by atoms with van der Waals surface area (Å²) in [4.78, 5) is 35.5. The van der Waals surface area contributed by atoms with Crippen LogP contribution in [0.25, 0.3) is 11.1 Å². The van der Waals surface area contributed by atoms with Crippen molar-refractivity contribution in [2.24, 2.45) is 0 Å². The van der Waals surface area contributed by atoms with Gasteiger partial charge in [0, 0.05) is 29.4 Å². The summed E-state index contributed by atoms with van der Waals surface area (Å²) in [6.45, 7) is 1.42. The molecule has 0 unspecified atom stereocenters. The van der Waals surface area contributed by atoms with E-state index >= 15 is 0 Å². The zero-order valence-electron chi connectivity index (χ0n) is 16.9. The van der Waals surface area contributed by atoms with Gasteiger partial charge in [-0.15, -0.1) is 0 Å². The predicted molar refractivity (Wildman–Crippen MR) is 117 cm³/mol. The molecule has 3 N–H and O–H groups in total. The van der Waals surface area contributed by atoms with E-state index in [1.165, 1.54) is 38.3 Å². The Balaban J connectivity index is 1.95. The van der Waals surface area contributed by atoms with E-state index in [2.05, 4.69) is 20.7 Å². The normalized spacial score (nSPS) is 10.2. The lowest BCUT2D eigenvalue weighted by Crippen LogP contribution is -2.14. The van der Waals surface area contributed by atoms with E-state index in [9.17, 15) is 18.8 Å². The Morgan fingerprint density at radius 3 is 2.06 bits per heavy atom. The number of carbonyl (C=O) groups is 3. The Kier molecular flexibility index (Phi) is 6.61. The van der Waals surface area contributed by atoms with E-state index < -0.39 is 17.8 Å². The van der Waals surface area contributed by atoms with E-state index in [0.717, 1.165) is 5.56 Å². The van der Waals surface area contributed by atoms with Gasteiger partial charge >= 0.3 is 6.09 Å². The molecule has 0 bridgehead atoms. The van der Waals surface area contributed by atoms with E-state index in [4.69, 9.17) is 0 Å². The highest BCUT2D eigenvalue weighted by Gasteiger charge is 2.13. The molecule has 0 fully saturated rings. The number of anilines is 3. The fourth-order valence-electron chi connectivity index (χ4n) is 2.88. The average Bonchev–Trinajstić information content (AvgIpc) is 2.74. The number of amides is 3. The molecule has 0 aromatic heterocycles. The van der Waals surface area contributed by atoms with Crippen LogP contribution in [-0.4, -0.2) is 25.0 Å². The van der Waals surface area contributed by atoms with Crippen molar-refractivity contribution in [3.8, 4) is 11.1 Å². The van der Waals surface area contributed by atoms with Gasteiger partial charge in [0.2, 0.25) is 5.91 Å². The summed E-state index contributed by atoms with van der Waals surface area (Å²) in [6, 6.07) is 17.2. The summed E-state index contributed by atoms with van der Waals surface area (Å²) in [5.41, 5.74) is 3.21. The number of ether oxygens (including phenoxy) is 1. The molecule has 0 atom stereocenters. The van der Waals surface area contributed by atoms with Gasteiger partial charge in [-0.2, -0.15) is 0 Å². The smallest absolute Gasteiger partial charge is 0.411 e. The first-order chi connectivity index (χ1) is 14.9. The van der Waals surface area contributed by atoms with Crippen LogP contribution in [0.4, 0.5) is 26.2 Å². The lowest BCUT2D eigenvalue weighted by molar-refractivity contribution is -0.114. The third-order valence-electron chi connectivity index (χ3n) is 4.32. The molecule has 8 heteroatoms. The fraction of sp³-hybridized carbons (Fsp3) is 0.0870. The molecular weight excluding hydrogens is 401 g/mol. The lowest BCUT2D eigenvalue weighted by Gasteiger charge is -2.14. The number of nitrogens with one attached hydrogen (secondary N) is 3. The Labute approximate surface area is 178 Å². The van der Waals surface area contributed by atoms with Crippen LogP contribution >= 0.6 is 0 Å². The molecule has 0 saturated heterocycles. The van der Waals surface area contributed by atoms with E-state index in [1.54, 1.807) is 42.5 Å². The van der Waals surface area contributed by atoms with Crippen molar-refractivity contribution >= 4 is 35.0 Å². The first kappa shape index (κ1) is 21.5. The van der Waals surface area contributed by atoms with E-state index in [1.807, 2.05) is 0 Å². The van der Waals surface area contributed by atoms with Crippen LogP contribution in [0.2, 0.25) is 0 Å². The molecule has 0 aliphatic heterocycles. The van der Waals surface area contributed by atoms with Gasteiger partial charge in [0.1, 0.15) is 5.82 Å². The average molecular weight is 421 g/mol. The van der Waals surface area contributed by atoms with Crippen LogP contribution in [0.15, 0.2) is 66.7 Å². The highest BCUT2D eigenvalue weighted by atomic mass is 19.1. The molecule has 0 heterocycles. The van der Waals surface area contributed by atoms with Gasteiger partial charge in [0.05, 0.1) is 12.8 Å². The molecule has 7 nitrogen and oxygen atoms in total. The van der Waals surface area contributed by atoms with Gasteiger partial charge in [0.15, 0.2) is 0 Å². The monoisotopic (exact) mass is 421 g/mol. The third-order valence-corrected chi connectivity index (χ3v) is 4.32. The van der Waals surface area contributed by atoms with Crippen molar-refractivity contribution < 1.29 is 23.5 Å². The molecule has 0 aliphatic rings. The summed E-state index contributed by atoms with van der Waals surface area (Å²) in [5, 5.41) is 8.05. The van der Waals surface area contributed by atoms with E-state index in [-0.39, 0.29) is 11.5 Å². The van der Waals surface area contributed by atoms with Crippen LogP contribution in [0.3, 0.4) is 0 Å². The third kappa shape index (κ3) is 5.66. The zero-order chi connectivity index (χ0) is 22.4. The number of halogens is 1. The van der Waals surface area contributed by atoms with Crippen molar-refractivity contribution in [2.45, 2.75) is 6.92 Å². The van der Waals surface area contributed by atoms with Crippen LogP contribution in [0, 0.1) is 5.82 Å². The summed E-state index contributed by atoms with van der Waals surface area (Å²) in [6.07, 6.45) is -0.650. The summed E-state index contributed by atoms with van der Waals surface area (Å²) in [5.74, 6) is -1.06. The Morgan fingerprint density at radius 2 is 1.45 bits per heavy atom. The molecule has 0 aliphatic carbocycles. The van der Waals surface area contributed by atoms with Gasteiger partial charge in [-0.05, 0) is 54.1 Å². The van der Waals surface area contributed by atoms with Crippen LogP contribution in [-0.2, 0) is 9.53 Å². The highest BCUT2D eigenvalue weighted by molar-refractivity contribution is 6.07. The first-order valence-corrected chi connectivity index (χ1v) is 9.29. The molecule has 0 radical (unpaired) electrons. The second kappa shape index (κ2) is 9.53. The first-order valence-electron chi connectivity index (χ1n) is 9.29. The minimum atomic E-state index is -0.650. The molecule has 31 heavy (non-hydrogen) atoms. The topological polar surface area (TPSA) is 96.5 Å². The number of carbonyl (C=O) groups excluding carboxylic acids is 3. The zero-order valence-corrected chi connectivity index (χ0v) is 16.9. The maximum absolute atomic E-state index is 13.2. The molecule has 0 saturated carbocycles. The van der Waals surface area contributed by atoms with Crippen LogP contribution in [0.1, 0.15) is 17.3 Å². The highest BCUT2D eigenvalue weighted by Crippen LogP contribution is 2.32. The largest absolute Gasteiger partial charge is 0.453 e. The molecule has 3 rings (SSSR count). The van der Waals surface area contributed by atoms with Crippen molar-refractivity contribution in [1.82, 2.24) is 0 Å². The van der Waals surface area contributed by atoms with Crippen molar-refractivity contribution in [1.29, 1.82) is 0 Å². The maximum atomic E-state index is 13.2. The second-order valence-electron chi connectivity index (χ2n) is 6.60. The van der Waals surface area contributed by atoms with Crippen molar-refractivity contribution in [2.75, 3.05) is 23.1 Å². The Morgan fingerprint density at radius 1 is 0.806 bits per heavy atom. The van der Waals surface area contributed by atoms with Gasteiger partial charge in [0.25, 0.3) is 5.91 Å². The van der Waals surface area contributed by atoms with Crippen molar-refractivity contribution in [3.05, 3.63) is 78.1 Å². The molecule has 3 aromatic rings. The second-order valence-corrected chi connectivity index (χ2v) is 6.60. The van der Waals surface area contributed by atoms with Gasteiger partial charge in [-0.3, -0.25) is 14.9 Å². The Hall–Kier alpha value is -4.20. The molecule has 3 aromatic carbocycles. The van der Waals surface area contributed by atoms with Gasteiger partial charge < -0.3 is 15.4 Å². The number of benzene rings is 3. The van der Waals surface area contributed by atoms with Gasteiger partial charge in [-0.25, -0.2) is 9.18 Å². The Bertz CT molecular complexity index is 1110. The van der Waals surface area contributed by atoms with Crippen LogP contribution < -0.4 is 16.0 Å². The van der Waals surface area contributed by atoms with Crippen LogP contribution in [0.5, 0.6) is 0 Å². The molecule has 3 amide bonds. The summed E-state index contributed by atoms with van der Waals surface area (Å²) >= 11 is 0. The number of hydrogen-bond donors (Lipinski definition) is 3. The number of methoxy groups -OCH3 is 1.